The summed E-state index contributed by atoms with van der Waals surface area (Å²) in [5, 5.41) is 3.09. The third-order valence-electron chi connectivity index (χ3n) is 3.67. The highest BCUT2D eigenvalue weighted by Crippen LogP contribution is 2.19. The summed E-state index contributed by atoms with van der Waals surface area (Å²) < 4.78 is 30.5. The second-order valence-corrected chi connectivity index (χ2v) is 8.48. The van der Waals surface area contributed by atoms with Crippen LogP contribution in [0.4, 0.5) is 5.69 Å². The lowest BCUT2D eigenvalue weighted by atomic mass is 10.1. The zero-order valence-electron chi connectivity index (χ0n) is 15.0. The lowest BCUT2D eigenvalue weighted by Crippen LogP contribution is -2.23. The Morgan fingerprint density at radius 2 is 1.74 bits per heavy atom. The van der Waals surface area contributed by atoms with E-state index in [2.05, 4.69) is 5.32 Å². The van der Waals surface area contributed by atoms with Crippen LogP contribution in [-0.2, 0) is 19.6 Å². The van der Waals surface area contributed by atoms with Crippen LogP contribution in [0.15, 0.2) is 47.4 Å². The summed E-state index contributed by atoms with van der Waals surface area (Å²) in [5.74, 6) is -1.31. The van der Waals surface area contributed by atoms with Crippen LogP contribution in [0.2, 0.25) is 5.02 Å². The van der Waals surface area contributed by atoms with E-state index >= 15 is 0 Å². The predicted molar refractivity (Wildman–Crippen MR) is 102 cm³/mol. The second kappa shape index (κ2) is 8.51. The van der Waals surface area contributed by atoms with Crippen molar-refractivity contribution >= 4 is 39.2 Å². The highest BCUT2D eigenvalue weighted by Gasteiger charge is 2.21. The summed E-state index contributed by atoms with van der Waals surface area (Å²) in [6, 6.07) is 10.6. The van der Waals surface area contributed by atoms with Gasteiger partial charge in [0.15, 0.2) is 6.61 Å². The van der Waals surface area contributed by atoms with Crippen molar-refractivity contribution in [3.63, 3.8) is 0 Å². The number of nitrogens with zero attached hydrogens (tertiary/aromatic N) is 1. The van der Waals surface area contributed by atoms with Crippen molar-refractivity contribution in [2.45, 2.75) is 11.8 Å². The SMILES string of the molecule is Cc1ccc(S(=O)(=O)N(C)C)cc1C(=O)OCC(=O)Nc1ccc(Cl)cc1. The number of ether oxygens (including phenoxy) is 1. The van der Waals surface area contributed by atoms with E-state index in [4.69, 9.17) is 16.3 Å². The molecule has 2 rings (SSSR count). The molecule has 0 saturated heterocycles. The molecule has 7 nitrogen and oxygen atoms in total. The summed E-state index contributed by atoms with van der Waals surface area (Å²) in [6.07, 6.45) is 0. The minimum atomic E-state index is -3.69. The van der Waals surface area contributed by atoms with E-state index in [1.54, 1.807) is 31.2 Å². The number of rotatable bonds is 6. The van der Waals surface area contributed by atoms with Gasteiger partial charge in [-0.25, -0.2) is 17.5 Å². The standard InChI is InChI=1S/C18H19ClN2O5S/c1-12-4-9-15(27(24,25)21(2)3)10-16(12)18(23)26-11-17(22)20-14-7-5-13(19)6-8-14/h4-10H,11H2,1-3H3,(H,20,22). The number of sulfonamides is 1. The molecule has 0 saturated carbocycles. The molecule has 0 fully saturated rings. The molecular formula is C18H19ClN2O5S. The Kier molecular flexibility index (Phi) is 6.59. The van der Waals surface area contributed by atoms with Gasteiger partial charge < -0.3 is 10.1 Å². The first-order chi connectivity index (χ1) is 12.6. The molecule has 0 unspecified atom stereocenters. The highest BCUT2D eigenvalue weighted by molar-refractivity contribution is 7.89. The summed E-state index contributed by atoms with van der Waals surface area (Å²) in [4.78, 5) is 24.2. The van der Waals surface area contributed by atoms with Crippen LogP contribution in [0, 0.1) is 6.92 Å². The number of benzene rings is 2. The van der Waals surface area contributed by atoms with Gasteiger partial charge in [-0.3, -0.25) is 4.79 Å². The smallest absolute Gasteiger partial charge is 0.338 e. The van der Waals surface area contributed by atoms with E-state index in [-0.39, 0.29) is 10.5 Å². The number of hydrogen-bond acceptors (Lipinski definition) is 5. The van der Waals surface area contributed by atoms with Gasteiger partial charge in [0.1, 0.15) is 0 Å². The van der Waals surface area contributed by atoms with Crippen LogP contribution in [0.25, 0.3) is 0 Å². The molecule has 2 aromatic carbocycles. The van der Waals surface area contributed by atoms with Crippen molar-refractivity contribution < 1.29 is 22.7 Å². The van der Waals surface area contributed by atoms with Crippen LogP contribution in [0.1, 0.15) is 15.9 Å². The maximum atomic E-state index is 12.3. The monoisotopic (exact) mass is 410 g/mol. The molecule has 0 aliphatic heterocycles. The summed E-state index contributed by atoms with van der Waals surface area (Å²) >= 11 is 5.77. The van der Waals surface area contributed by atoms with Crippen molar-refractivity contribution in [1.82, 2.24) is 4.31 Å². The number of anilines is 1. The van der Waals surface area contributed by atoms with E-state index in [9.17, 15) is 18.0 Å². The van der Waals surface area contributed by atoms with Crippen molar-refractivity contribution in [3.8, 4) is 0 Å². The average Bonchev–Trinajstić information content (AvgIpc) is 2.61. The lowest BCUT2D eigenvalue weighted by molar-refractivity contribution is -0.119. The summed E-state index contributed by atoms with van der Waals surface area (Å²) in [6.45, 7) is 1.14. The van der Waals surface area contributed by atoms with E-state index in [0.29, 0.717) is 16.3 Å². The molecule has 27 heavy (non-hydrogen) atoms. The maximum Gasteiger partial charge on any atom is 0.338 e. The fourth-order valence-electron chi connectivity index (χ4n) is 2.13. The van der Waals surface area contributed by atoms with Gasteiger partial charge in [0.25, 0.3) is 5.91 Å². The number of hydrogen-bond donors (Lipinski definition) is 1. The Hall–Kier alpha value is -2.42. The molecule has 0 aliphatic rings. The zero-order valence-corrected chi connectivity index (χ0v) is 16.6. The molecule has 9 heteroatoms. The summed E-state index contributed by atoms with van der Waals surface area (Å²) in [7, 11) is -0.895. The summed E-state index contributed by atoms with van der Waals surface area (Å²) in [5.41, 5.74) is 1.13. The Morgan fingerprint density at radius 3 is 2.33 bits per heavy atom. The molecule has 0 atom stereocenters. The van der Waals surface area contributed by atoms with E-state index in [1.807, 2.05) is 0 Å². The quantitative estimate of drug-likeness (QED) is 0.739. The van der Waals surface area contributed by atoms with Crippen molar-refractivity contribution in [3.05, 3.63) is 58.6 Å². The largest absolute Gasteiger partial charge is 0.452 e. The lowest BCUT2D eigenvalue weighted by Gasteiger charge is -2.13. The fourth-order valence-corrected chi connectivity index (χ4v) is 3.19. The van der Waals surface area contributed by atoms with Gasteiger partial charge in [-0.05, 0) is 48.9 Å². The van der Waals surface area contributed by atoms with Crippen molar-refractivity contribution in [2.75, 3.05) is 26.0 Å². The number of aryl methyl sites for hydroxylation is 1. The minimum Gasteiger partial charge on any atom is -0.452 e. The Bertz CT molecular complexity index is 956. The molecule has 1 N–H and O–H groups in total. The minimum absolute atomic E-state index is 0.0318. The van der Waals surface area contributed by atoms with Gasteiger partial charge >= 0.3 is 5.97 Å². The Labute approximate surface area is 162 Å². The number of nitrogens with one attached hydrogen (secondary N) is 1. The van der Waals surface area contributed by atoms with Crippen LogP contribution in [0.3, 0.4) is 0 Å². The molecular weight excluding hydrogens is 392 g/mol. The van der Waals surface area contributed by atoms with Crippen molar-refractivity contribution in [1.29, 1.82) is 0 Å². The first kappa shape index (κ1) is 20.9. The van der Waals surface area contributed by atoms with Crippen LogP contribution < -0.4 is 5.32 Å². The predicted octanol–water partition coefficient (Wildman–Crippen LogP) is 2.69. The number of carbonyl (C=O) groups is 2. The molecule has 1 amide bonds. The third-order valence-corrected chi connectivity index (χ3v) is 5.73. The molecule has 2 aromatic rings. The second-order valence-electron chi connectivity index (χ2n) is 5.90. The van der Waals surface area contributed by atoms with Gasteiger partial charge in [0.2, 0.25) is 10.0 Å². The van der Waals surface area contributed by atoms with Crippen molar-refractivity contribution in [2.24, 2.45) is 0 Å². The molecule has 0 aromatic heterocycles. The molecule has 0 heterocycles. The molecule has 0 aliphatic carbocycles. The van der Waals surface area contributed by atoms with E-state index < -0.39 is 28.5 Å². The topological polar surface area (TPSA) is 92.8 Å². The fraction of sp³-hybridized carbons (Fsp3) is 0.222. The number of halogens is 1. The Balaban J connectivity index is 2.07. The highest BCUT2D eigenvalue weighted by atomic mass is 35.5. The first-order valence-electron chi connectivity index (χ1n) is 7.87. The van der Waals surface area contributed by atoms with Gasteiger partial charge in [-0.1, -0.05) is 17.7 Å². The number of esters is 1. The maximum absolute atomic E-state index is 12.3. The molecule has 0 spiro atoms. The van der Waals surface area contributed by atoms with E-state index in [0.717, 1.165) is 4.31 Å². The first-order valence-corrected chi connectivity index (χ1v) is 9.69. The van der Waals surface area contributed by atoms with E-state index in [1.165, 1.54) is 32.3 Å². The van der Waals surface area contributed by atoms with Crippen LogP contribution in [-0.4, -0.2) is 45.3 Å². The van der Waals surface area contributed by atoms with Crippen LogP contribution >= 0.6 is 11.6 Å². The Morgan fingerprint density at radius 1 is 1.11 bits per heavy atom. The normalized spacial score (nSPS) is 11.3. The van der Waals surface area contributed by atoms with Gasteiger partial charge in [0.05, 0.1) is 10.5 Å². The average molecular weight is 411 g/mol. The number of carbonyl (C=O) groups excluding carboxylic acids is 2. The van der Waals surface area contributed by atoms with Gasteiger partial charge in [0, 0.05) is 24.8 Å². The zero-order chi connectivity index (χ0) is 20.2. The van der Waals surface area contributed by atoms with Crippen LogP contribution in [0.5, 0.6) is 0 Å². The van der Waals surface area contributed by atoms with Gasteiger partial charge in [-0.15, -0.1) is 0 Å². The number of amides is 1. The third kappa shape index (κ3) is 5.29. The molecule has 0 radical (unpaired) electrons. The molecule has 144 valence electrons. The molecule has 0 bridgehead atoms. The van der Waals surface area contributed by atoms with Gasteiger partial charge in [-0.2, -0.15) is 0 Å².